The third-order valence-electron chi connectivity index (χ3n) is 10.5. The second-order valence-electron chi connectivity index (χ2n) is 14.5. The Morgan fingerprint density at radius 1 is 0.578 bits per heavy atom. The molecule has 21 heteroatoms. The van der Waals surface area contributed by atoms with E-state index in [-0.39, 0.29) is 24.9 Å². The summed E-state index contributed by atoms with van der Waals surface area (Å²) in [7, 11) is -2.50. The van der Waals surface area contributed by atoms with Crippen LogP contribution in [0.2, 0.25) is 15.1 Å². The second kappa shape index (κ2) is 20.9. The second-order valence-corrected chi connectivity index (χ2v) is 21.2. The van der Waals surface area contributed by atoms with Gasteiger partial charge in [-0.25, -0.2) is 31.2 Å². The maximum absolute atomic E-state index is 13.6. The molecule has 4 heterocycles. The molecule has 6 aromatic rings. The van der Waals surface area contributed by atoms with Gasteiger partial charge in [-0.05, 0) is 59.7 Å². The number of thiazole rings is 2. The number of sulfonamides is 2. The Bertz CT molecular complexity index is 2770. The molecule has 0 N–H and O–H groups in total. The van der Waals surface area contributed by atoms with Crippen molar-refractivity contribution in [2.45, 2.75) is 22.6 Å². The molecule has 2 saturated heterocycles. The topological polar surface area (TPSA) is 135 Å². The average molecular weight is 1010 g/mol. The zero-order valence-corrected chi connectivity index (χ0v) is 40.5. The van der Waals surface area contributed by atoms with Gasteiger partial charge in [0.1, 0.15) is 15.6 Å². The fourth-order valence-electron chi connectivity index (χ4n) is 7.18. The summed E-state index contributed by atoms with van der Waals surface area (Å²) in [5.74, 6) is 1.31. The van der Waals surface area contributed by atoms with Crippen molar-refractivity contribution in [2.24, 2.45) is 0 Å². The summed E-state index contributed by atoms with van der Waals surface area (Å²) >= 11 is 21.0. The largest absolute Gasteiger partial charge is 0.493 e. The number of aromatic nitrogens is 2. The number of rotatable bonds is 13. The number of methoxy groups -OCH3 is 3. The number of nitrogens with zero attached hydrogens (tertiary/aromatic N) is 6. The highest BCUT2D eigenvalue weighted by molar-refractivity contribution is 7.89. The Balaban J connectivity index is 0.000000193. The maximum Gasteiger partial charge on any atom is 0.244 e. The van der Waals surface area contributed by atoms with E-state index in [4.69, 9.17) is 54.0 Å². The predicted molar refractivity (Wildman–Crippen MR) is 252 cm³/mol. The molecule has 0 amide bonds. The van der Waals surface area contributed by atoms with Gasteiger partial charge in [-0.2, -0.15) is 8.61 Å². The molecule has 0 atom stereocenters. The van der Waals surface area contributed by atoms with Crippen molar-refractivity contribution in [1.29, 1.82) is 0 Å². The van der Waals surface area contributed by atoms with Gasteiger partial charge in [0.15, 0.2) is 21.8 Å². The lowest BCUT2D eigenvalue weighted by Gasteiger charge is -2.33. The van der Waals surface area contributed by atoms with Gasteiger partial charge in [0.05, 0.1) is 47.8 Å². The van der Waals surface area contributed by atoms with E-state index in [1.165, 1.54) is 38.1 Å². The summed E-state index contributed by atoms with van der Waals surface area (Å²) in [4.78, 5) is 13.9. The van der Waals surface area contributed by atoms with Crippen LogP contribution in [0.25, 0.3) is 0 Å². The number of ether oxygens (including phenoxy) is 3. The van der Waals surface area contributed by atoms with Crippen molar-refractivity contribution in [3.8, 4) is 17.2 Å². The van der Waals surface area contributed by atoms with Gasteiger partial charge in [-0.15, -0.1) is 22.7 Å². The molecule has 0 spiro atoms. The molecule has 64 heavy (non-hydrogen) atoms. The van der Waals surface area contributed by atoms with E-state index >= 15 is 0 Å². The number of anilines is 2. The van der Waals surface area contributed by atoms with Crippen LogP contribution in [0.15, 0.2) is 99.4 Å². The number of hydrogen-bond acceptors (Lipinski definition) is 13. The van der Waals surface area contributed by atoms with Crippen LogP contribution in [0, 0.1) is 5.82 Å². The molecule has 8 rings (SSSR count). The predicted octanol–water partition coefficient (Wildman–Crippen LogP) is 8.61. The van der Waals surface area contributed by atoms with Crippen LogP contribution in [0.4, 0.5) is 14.7 Å². The first-order valence-electron chi connectivity index (χ1n) is 19.8. The van der Waals surface area contributed by atoms with Gasteiger partial charge in [-0.1, -0.05) is 65.1 Å². The van der Waals surface area contributed by atoms with E-state index in [1.807, 2.05) is 22.9 Å². The van der Waals surface area contributed by atoms with Gasteiger partial charge in [0.25, 0.3) is 0 Å². The highest BCUT2D eigenvalue weighted by atomic mass is 35.5. The van der Waals surface area contributed by atoms with Crippen molar-refractivity contribution < 1.29 is 35.4 Å². The normalized spacial score (nSPS) is 15.1. The van der Waals surface area contributed by atoms with Crippen molar-refractivity contribution >= 4 is 87.8 Å². The molecule has 340 valence electrons. The first-order chi connectivity index (χ1) is 30.7. The van der Waals surface area contributed by atoms with Crippen LogP contribution >= 0.6 is 57.5 Å². The zero-order valence-electron chi connectivity index (χ0n) is 34.9. The quantitative estimate of drug-likeness (QED) is 0.110. The lowest BCUT2D eigenvalue weighted by atomic mass is 10.1. The summed E-state index contributed by atoms with van der Waals surface area (Å²) in [6.45, 7) is 3.63. The Morgan fingerprint density at radius 2 is 1.02 bits per heavy atom. The summed E-state index contributed by atoms with van der Waals surface area (Å²) in [6.07, 6.45) is 1.11. The third kappa shape index (κ3) is 10.9. The Hall–Kier alpha value is -4.24. The minimum absolute atomic E-state index is 0.0994. The van der Waals surface area contributed by atoms with Gasteiger partial charge < -0.3 is 24.0 Å². The Morgan fingerprint density at radius 3 is 1.42 bits per heavy atom. The SMILES string of the molecule is COc1cc(Cc2csc(N3CCN(S(=O)(=O)c4ccccc4Cl)CC3)n2)cc(OC)c1OC.O=S(=O)(c1ccccc1Cl)N1CCN(c2nc(Cc3ccc(Cl)c(F)c3)cs2)CC1. The summed E-state index contributed by atoms with van der Waals surface area (Å²) in [5.41, 5.74) is 3.54. The molecule has 2 fully saturated rings. The lowest BCUT2D eigenvalue weighted by Crippen LogP contribution is -2.48. The average Bonchev–Trinajstić information content (AvgIpc) is 3.98. The molecule has 2 aliphatic heterocycles. The van der Waals surface area contributed by atoms with E-state index in [2.05, 4.69) is 14.8 Å². The van der Waals surface area contributed by atoms with Crippen LogP contribution in [-0.2, 0) is 32.9 Å². The van der Waals surface area contributed by atoms with Crippen molar-refractivity contribution in [1.82, 2.24) is 18.6 Å². The van der Waals surface area contributed by atoms with Crippen molar-refractivity contribution in [3.63, 3.8) is 0 Å². The zero-order chi connectivity index (χ0) is 45.6. The third-order valence-corrected chi connectivity index (χ3v) is 17.5. The van der Waals surface area contributed by atoms with Crippen LogP contribution < -0.4 is 24.0 Å². The van der Waals surface area contributed by atoms with E-state index in [0.717, 1.165) is 32.8 Å². The van der Waals surface area contributed by atoms with E-state index in [0.29, 0.717) is 82.4 Å². The molecule has 4 aromatic carbocycles. The minimum atomic E-state index is -3.63. The van der Waals surface area contributed by atoms with Crippen LogP contribution in [0.1, 0.15) is 22.5 Å². The number of benzene rings is 4. The monoisotopic (exact) mass is 1010 g/mol. The lowest BCUT2D eigenvalue weighted by molar-refractivity contribution is 0.324. The Labute approximate surface area is 395 Å². The molecule has 2 aromatic heterocycles. The summed E-state index contributed by atoms with van der Waals surface area (Å²) in [6, 6.07) is 21.6. The van der Waals surface area contributed by atoms with Crippen molar-refractivity contribution in [3.05, 3.63) is 133 Å². The maximum atomic E-state index is 13.6. The minimum Gasteiger partial charge on any atom is -0.493 e. The summed E-state index contributed by atoms with van der Waals surface area (Å²) < 4.78 is 84.6. The number of hydrogen-bond donors (Lipinski definition) is 0. The molecule has 0 saturated carbocycles. The standard InChI is InChI=1S/C23H26ClN3O5S2.C20H18Cl2FN3O2S2/c1-30-19-13-16(14-20(31-2)22(19)32-3)12-17-15-33-23(25-17)26-8-10-27(11-9-26)34(28,29)21-7-5-4-6-18(21)24;21-16-6-5-14(12-18(16)23)11-15-13-29-20(24-15)25-7-9-26(10-8-25)30(27,28)19-4-2-1-3-17(19)22/h4-7,13-15H,8-12H2,1-3H3;1-6,12-13H,7-11H2. The first-order valence-corrected chi connectivity index (χ1v) is 25.6. The van der Waals surface area contributed by atoms with Gasteiger partial charge in [-0.3, -0.25) is 0 Å². The molecular formula is C43H44Cl3FN6O7S4. The number of piperazine rings is 2. The molecular weight excluding hydrogens is 966 g/mol. The molecule has 2 aliphatic rings. The fourth-order valence-corrected chi connectivity index (χ4v) is 12.9. The van der Waals surface area contributed by atoms with Crippen molar-refractivity contribution in [2.75, 3.05) is 83.5 Å². The van der Waals surface area contributed by atoms with Gasteiger partial charge in [0, 0.05) is 76.0 Å². The molecule has 0 bridgehead atoms. The molecule has 0 aliphatic carbocycles. The number of halogens is 4. The highest BCUT2D eigenvalue weighted by Gasteiger charge is 2.32. The smallest absolute Gasteiger partial charge is 0.244 e. The van der Waals surface area contributed by atoms with E-state index < -0.39 is 25.9 Å². The molecule has 13 nitrogen and oxygen atoms in total. The van der Waals surface area contributed by atoms with E-state index in [9.17, 15) is 21.2 Å². The summed E-state index contributed by atoms with van der Waals surface area (Å²) in [5, 5.41) is 6.22. The first kappa shape index (κ1) is 47.7. The highest BCUT2D eigenvalue weighted by Crippen LogP contribution is 2.39. The molecule has 0 unspecified atom stereocenters. The van der Waals surface area contributed by atoms with Gasteiger partial charge in [0.2, 0.25) is 25.8 Å². The fraction of sp³-hybridized carbons (Fsp3) is 0.302. The Kier molecular flexibility index (Phi) is 15.6. The van der Waals surface area contributed by atoms with Gasteiger partial charge >= 0.3 is 0 Å². The molecule has 0 radical (unpaired) electrons. The van der Waals surface area contributed by atoms with E-state index in [1.54, 1.807) is 81.2 Å². The van der Waals surface area contributed by atoms with Crippen LogP contribution in [-0.4, -0.2) is 109 Å². The van der Waals surface area contributed by atoms with Crippen LogP contribution in [0.3, 0.4) is 0 Å². The van der Waals surface area contributed by atoms with Crippen LogP contribution in [0.5, 0.6) is 17.2 Å².